The van der Waals surface area contributed by atoms with Gasteiger partial charge in [0.05, 0.1) is 13.2 Å². The molecular formula is C24H28N6O5. The van der Waals surface area contributed by atoms with E-state index < -0.39 is 4.92 Å². The lowest BCUT2D eigenvalue weighted by atomic mass is 10.1. The van der Waals surface area contributed by atoms with Gasteiger partial charge in [-0.1, -0.05) is 6.07 Å². The summed E-state index contributed by atoms with van der Waals surface area (Å²) >= 11 is 0. The van der Waals surface area contributed by atoms with Crippen LogP contribution in [0.4, 0.5) is 11.6 Å². The monoisotopic (exact) mass is 480 g/mol. The fourth-order valence-corrected chi connectivity index (χ4v) is 4.33. The van der Waals surface area contributed by atoms with Gasteiger partial charge in [0.2, 0.25) is 0 Å². The van der Waals surface area contributed by atoms with Crippen LogP contribution in [0.25, 0.3) is 0 Å². The second-order valence-electron chi connectivity index (χ2n) is 8.68. The van der Waals surface area contributed by atoms with Crippen molar-refractivity contribution in [3.05, 3.63) is 64.5 Å². The number of pyridine rings is 1. The fourth-order valence-electron chi connectivity index (χ4n) is 4.33. The van der Waals surface area contributed by atoms with E-state index in [0.29, 0.717) is 25.7 Å². The Morgan fingerprint density at radius 2 is 1.94 bits per heavy atom. The maximum Gasteiger partial charge on any atom is 0.414 e. The predicted octanol–water partition coefficient (Wildman–Crippen LogP) is 2.79. The molecule has 2 aromatic heterocycles. The molecule has 2 aliphatic heterocycles. The first-order chi connectivity index (χ1) is 17.1. The van der Waals surface area contributed by atoms with Crippen molar-refractivity contribution in [2.45, 2.75) is 38.1 Å². The van der Waals surface area contributed by atoms with E-state index in [-0.39, 0.29) is 18.0 Å². The van der Waals surface area contributed by atoms with E-state index in [9.17, 15) is 10.1 Å². The molecule has 0 spiro atoms. The summed E-state index contributed by atoms with van der Waals surface area (Å²) in [6, 6.07) is 12.1. The van der Waals surface area contributed by atoms with Crippen molar-refractivity contribution in [3.63, 3.8) is 0 Å². The fraction of sp³-hybridized carbons (Fsp3) is 0.417. The largest absolute Gasteiger partial charge is 0.497 e. The highest BCUT2D eigenvalue weighted by Gasteiger charge is 2.27. The molecule has 0 bridgehead atoms. The number of ether oxygens (including phenoxy) is 3. The summed E-state index contributed by atoms with van der Waals surface area (Å²) in [6.45, 7) is 3.39. The molecule has 184 valence electrons. The molecule has 5 rings (SSSR count). The lowest BCUT2D eigenvalue weighted by Crippen LogP contribution is -2.41. The zero-order chi connectivity index (χ0) is 24.2. The number of nitrogens with one attached hydrogen (secondary N) is 1. The Hall–Kier alpha value is -3.86. The molecule has 4 heterocycles. The molecule has 11 nitrogen and oxygen atoms in total. The van der Waals surface area contributed by atoms with Gasteiger partial charge in [0.25, 0.3) is 0 Å². The topological polar surface area (TPSA) is 117 Å². The highest BCUT2D eigenvalue weighted by Crippen LogP contribution is 2.24. The molecule has 1 saturated heterocycles. The standard InChI is InChI=1S/C24H28N6O5/c1-33-19-3-5-20(6-4-19)35-21-8-10-28(11-9-21)22-7-2-17(13-26-22)12-25-18-14-29-15-23(30(31)32)27-24(29)34-16-18/h2-7,13,15,18,21,25H,8-12,14,16H2,1H3/t18-/m0/s1. The van der Waals surface area contributed by atoms with Gasteiger partial charge in [0.1, 0.15) is 36.2 Å². The molecule has 0 amide bonds. The van der Waals surface area contributed by atoms with Crippen LogP contribution in [-0.2, 0) is 13.1 Å². The van der Waals surface area contributed by atoms with Gasteiger partial charge in [-0.25, -0.2) is 4.98 Å². The molecule has 1 aromatic carbocycles. The van der Waals surface area contributed by atoms with Crippen molar-refractivity contribution in [1.29, 1.82) is 0 Å². The Bertz CT molecular complexity index is 1140. The molecule has 1 N–H and O–H groups in total. The number of nitro groups is 1. The Morgan fingerprint density at radius 1 is 1.17 bits per heavy atom. The molecule has 0 saturated carbocycles. The zero-order valence-corrected chi connectivity index (χ0v) is 19.5. The molecular weight excluding hydrogens is 452 g/mol. The van der Waals surface area contributed by atoms with Crippen LogP contribution in [0.1, 0.15) is 18.4 Å². The number of fused-ring (bicyclic) bond motifs is 1. The van der Waals surface area contributed by atoms with Crippen LogP contribution in [0.15, 0.2) is 48.8 Å². The van der Waals surface area contributed by atoms with E-state index >= 15 is 0 Å². The van der Waals surface area contributed by atoms with Crippen LogP contribution < -0.4 is 24.4 Å². The molecule has 11 heteroatoms. The zero-order valence-electron chi connectivity index (χ0n) is 19.5. The minimum atomic E-state index is -0.513. The van der Waals surface area contributed by atoms with Crippen LogP contribution in [0.5, 0.6) is 17.5 Å². The van der Waals surface area contributed by atoms with Crippen molar-refractivity contribution < 1.29 is 19.1 Å². The van der Waals surface area contributed by atoms with E-state index in [0.717, 1.165) is 48.8 Å². The van der Waals surface area contributed by atoms with Gasteiger partial charge in [0, 0.05) is 50.2 Å². The highest BCUT2D eigenvalue weighted by molar-refractivity contribution is 5.40. The maximum atomic E-state index is 10.9. The van der Waals surface area contributed by atoms with Crippen LogP contribution in [0.3, 0.4) is 0 Å². The number of hydrogen-bond donors (Lipinski definition) is 1. The minimum Gasteiger partial charge on any atom is -0.497 e. The second kappa shape index (κ2) is 10.2. The van der Waals surface area contributed by atoms with Gasteiger partial charge >= 0.3 is 11.8 Å². The van der Waals surface area contributed by atoms with Crippen LogP contribution in [0, 0.1) is 10.1 Å². The number of aromatic nitrogens is 3. The maximum absolute atomic E-state index is 10.9. The lowest BCUT2D eigenvalue weighted by Gasteiger charge is -2.33. The summed E-state index contributed by atoms with van der Waals surface area (Å²) in [7, 11) is 1.65. The first-order valence-corrected chi connectivity index (χ1v) is 11.7. The highest BCUT2D eigenvalue weighted by atomic mass is 16.6. The average molecular weight is 481 g/mol. The number of benzene rings is 1. The Labute approximate surface area is 202 Å². The third-order valence-electron chi connectivity index (χ3n) is 6.28. The Kier molecular flexibility index (Phi) is 6.66. The van der Waals surface area contributed by atoms with Gasteiger partial charge < -0.3 is 34.5 Å². The van der Waals surface area contributed by atoms with E-state index in [1.807, 2.05) is 30.5 Å². The van der Waals surface area contributed by atoms with Crippen LogP contribution >= 0.6 is 0 Å². The van der Waals surface area contributed by atoms with E-state index in [4.69, 9.17) is 14.2 Å². The summed E-state index contributed by atoms with van der Waals surface area (Å²) in [5.74, 6) is 2.46. The van der Waals surface area contributed by atoms with Crippen LogP contribution in [-0.4, -0.2) is 58.4 Å². The third kappa shape index (κ3) is 5.46. The molecule has 2 aliphatic rings. The van der Waals surface area contributed by atoms with Gasteiger partial charge in [-0.15, -0.1) is 0 Å². The number of rotatable bonds is 8. The SMILES string of the molecule is COc1ccc(OC2CCN(c3ccc(CN[C@@H]4COc5nc([N+](=O)[O-])cn5C4)cn3)CC2)cc1. The first-order valence-electron chi connectivity index (χ1n) is 11.7. The predicted molar refractivity (Wildman–Crippen MR) is 128 cm³/mol. The number of methoxy groups -OCH3 is 1. The van der Waals surface area contributed by atoms with Gasteiger partial charge in [0.15, 0.2) is 0 Å². The quantitative estimate of drug-likeness (QED) is 0.384. The minimum absolute atomic E-state index is 0.0284. The summed E-state index contributed by atoms with van der Waals surface area (Å²) in [4.78, 5) is 21.2. The van der Waals surface area contributed by atoms with Gasteiger partial charge in [-0.2, -0.15) is 0 Å². The Morgan fingerprint density at radius 3 is 2.63 bits per heavy atom. The summed E-state index contributed by atoms with van der Waals surface area (Å²) in [5, 5.41) is 14.3. The smallest absolute Gasteiger partial charge is 0.414 e. The number of hydrogen-bond acceptors (Lipinski definition) is 9. The molecule has 35 heavy (non-hydrogen) atoms. The summed E-state index contributed by atoms with van der Waals surface area (Å²) in [6.07, 6.45) is 5.36. The molecule has 0 unspecified atom stereocenters. The molecule has 1 atom stereocenters. The number of piperidine rings is 1. The normalized spacial score (nSPS) is 18.0. The van der Waals surface area contributed by atoms with Crippen molar-refractivity contribution >= 4 is 11.6 Å². The van der Waals surface area contributed by atoms with E-state index in [2.05, 4.69) is 32.3 Å². The second-order valence-corrected chi connectivity index (χ2v) is 8.68. The first kappa shape index (κ1) is 22.9. The lowest BCUT2D eigenvalue weighted by molar-refractivity contribution is -0.389. The molecule has 3 aromatic rings. The molecule has 0 radical (unpaired) electrons. The number of anilines is 1. The van der Waals surface area contributed by atoms with Crippen LogP contribution in [0.2, 0.25) is 0 Å². The van der Waals surface area contributed by atoms with Gasteiger partial charge in [-0.05, 0) is 40.8 Å². The number of nitrogens with zero attached hydrogens (tertiary/aromatic N) is 5. The number of imidazole rings is 1. The average Bonchev–Trinajstić information content (AvgIpc) is 3.33. The van der Waals surface area contributed by atoms with Crippen molar-refractivity contribution in [2.24, 2.45) is 0 Å². The summed E-state index contributed by atoms with van der Waals surface area (Å²) in [5.41, 5.74) is 1.06. The van der Waals surface area contributed by atoms with Crippen molar-refractivity contribution in [1.82, 2.24) is 19.9 Å². The van der Waals surface area contributed by atoms with Crippen molar-refractivity contribution in [2.75, 3.05) is 31.7 Å². The van der Waals surface area contributed by atoms with Gasteiger partial charge in [-0.3, -0.25) is 4.57 Å². The summed E-state index contributed by atoms with van der Waals surface area (Å²) < 4.78 is 18.5. The molecule has 0 aliphatic carbocycles. The Balaban J connectivity index is 1.08. The third-order valence-corrected chi connectivity index (χ3v) is 6.28. The molecule has 1 fully saturated rings. The van der Waals surface area contributed by atoms with E-state index in [1.54, 1.807) is 11.7 Å². The van der Waals surface area contributed by atoms with E-state index in [1.165, 1.54) is 6.20 Å². The van der Waals surface area contributed by atoms with Crippen molar-refractivity contribution in [3.8, 4) is 17.5 Å².